The molecule has 2 aromatic rings. The van der Waals surface area contributed by atoms with Crippen LogP contribution in [-0.4, -0.2) is 65.8 Å². The summed E-state index contributed by atoms with van der Waals surface area (Å²) in [5.41, 5.74) is 6.14. The minimum absolute atomic E-state index is 0.0772. The molecule has 2 amide bonds. The molecule has 5 N–H and O–H groups in total. The van der Waals surface area contributed by atoms with E-state index >= 15 is 0 Å². The molecule has 2 atom stereocenters. The number of carbonyl (C=O) groups is 3. The number of nitrogens with two attached hydrogens (primary N) is 1. The number of nitrogens with one attached hydrogen (secondary N) is 1. The molecule has 0 radical (unpaired) electrons. The second-order valence-corrected chi connectivity index (χ2v) is 9.67. The summed E-state index contributed by atoms with van der Waals surface area (Å²) in [6.45, 7) is 0. The van der Waals surface area contributed by atoms with Gasteiger partial charge in [0.15, 0.2) is 10.8 Å². The number of hydrogen-bond donors (Lipinski definition) is 4. The maximum Gasteiger partial charge on any atom is 0.353 e. The van der Waals surface area contributed by atoms with E-state index in [9.17, 15) is 24.7 Å². The van der Waals surface area contributed by atoms with Gasteiger partial charge in [0.05, 0.1) is 0 Å². The quantitative estimate of drug-likeness (QED) is 0.189. The predicted octanol–water partition coefficient (Wildman–Crippen LogP) is 0.928. The highest BCUT2D eigenvalue weighted by molar-refractivity contribution is 8.05. The molecule has 166 valence electrons. The monoisotopic (exact) mass is 492 g/mol. The Morgan fingerprint density at radius 2 is 2.12 bits per heavy atom. The molecule has 2 aliphatic heterocycles. The molecule has 1 saturated heterocycles. The fraction of sp³-hybridized carbons (Fsp3) is 0.222. The molecule has 11 nitrogen and oxygen atoms in total. The van der Waals surface area contributed by atoms with Crippen LogP contribution in [0, 0.1) is 0 Å². The molecule has 0 aromatic carbocycles. The third-order valence-electron chi connectivity index (χ3n) is 4.66. The first-order valence-corrected chi connectivity index (χ1v) is 12.0. The minimum Gasteiger partial charge on any atom is -0.477 e. The summed E-state index contributed by atoms with van der Waals surface area (Å²) >= 11 is 3.77. The molecule has 0 unspecified atom stereocenters. The average molecular weight is 493 g/mol. The molecule has 14 heteroatoms. The van der Waals surface area contributed by atoms with Gasteiger partial charge in [-0.15, -0.1) is 34.9 Å². The van der Waals surface area contributed by atoms with E-state index in [0.717, 1.165) is 16.9 Å². The van der Waals surface area contributed by atoms with E-state index in [1.807, 2.05) is 12.1 Å². The number of carbonyl (C=O) groups excluding carboxylic acids is 2. The number of thiazole rings is 1. The van der Waals surface area contributed by atoms with E-state index < -0.39 is 29.2 Å². The zero-order chi connectivity index (χ0) is 22.8. The maximum atomic E-state index is 12.8. The van der Waals surface area contributed by atoms with Gasteiger partial charge in [0.1, 0.15) is 22.8 Å². The van der Waals surface area contributed by atoms with Gasteiger partial charge >= 0.3 is 5.97 Å². The van der Waals surface area contributed by atoms with Crippen LogP contribution in [0.15, 0.2) is 45.7 Å². The zero-order valence-electron chi connectivity index (χ0n) is 16.2. The summed E-state index contributed by atoms with van der Waals surface area (Å²) < 4.78 is 0. The van der Waals surface area contributed by atoms with Gasteiger partial charge in [0.25, 0.3) is 11.8 Å². The average Bonchev–Trinajstić information content (AvgIpc) is 3.22. The highest BCUT2D eigenvalue weighted by Gasteiger charge is 2.54. The number of amides is 2. The zero-order valence-corrected chi connectivity index (χ0v) is 18.6. The molecule has 0 bridgehead atoms. The van der Waals surface area contributed by atoms with Gasteiger partial charge in [0, 0.05) is 34.2 Å². The lowest BCUT2D eigenvalue weighted by Gasteiger charge is -2.49. The number of nitrogen functional groups attached to an aromatic ring is 1. The Hall–Kier alpha value is -3.10. The number of carboxylic acids is 1. The van der Waals surface area contributed by atoms with Crippen LogP contribution in [0.2, 0.25) is 0 Å². The Labute approximate surface area is 193 Å². The van der Waals surface area contributed by atoms with Crippen LogP contribution in [-0.2, 0) is 20.1 Å². The number of hydrogen-bond acceptors (Lipinski definition) is 11. The number of anilines is 1. The number of aliphatic carboxylic acids is 1. The maximum absolute atomic E-state index is 12.8. The first-order chi connectivity index (χ1) is 15.4. The molecule has 4 rings (SSSR count). The Kier molecular flexibility index (Phi) is 6.34. The lowest BCUT2D eigenvalue weighted by Crippen LogP contribution is -2.71. The number of thioether (sulfide) groups is 2. The second kappa shape index (κ2) is 9.18. The van der Waals surface area contributed by atoms with Crippen LogP contribution in [0.5, 0.6) is 0 Å². The summed E-state index contributed by atoms with van der Waals surface area (Å²) in [4.78, 5) is 46.9. The van der Waals surface area contributed by atoms with Gasteiger partial charge in [-0.1, -0.05) is 5.16 Å². The van der Waals surface area contributed by atoms with Crippen LogP contribution >= 0.6 is 34.9 Å². The normalized spacial score (nSPS) is 20.6. The van der Waals surface area contributed by atoms with Crippen molar-refractivity contribution in [2.75, 3.05) is 11.5 Å². The Bertz CT molecular complexity index is 1140. The fourth-order valence-corrected chi connectivity index (χ4v) is 6.30. The topological polar surface area (TPSA) is 171 Å². The third kappa shape index (κ3) is 4.16. The van der Waals surface area contributed by atoms with E-state index in [2.05, 4.69) is 20.4 Å². The number of aromatic nitrogens is 2. The second-order valence-electron chi connectivity index (χ2n) is 6.60. The lowest BCUT2D eigenvalue weighted by molar-refractivity contribution is -0.150. The van der Waals surface area contributed by atoms with Gasteiger partial charge in [-0.3, -0.25) is 19.5 Å². The predicted molar refractivity (Wildman–Crippen MR) is 120 cm³/mol. The number of fused-ring (bicyclic) bond motifs is 1. The van der Waals surface area contributed by atoms with Crippen molar-refractivity contribution >= 4 is 63.5 Å². The number of pyridine rings is 1. The van der Waals surface area contributed by atoms with Crippen LogP contribution in [0.25, 0.3) is 0 Å². The summed E-state index contributed by atoms with van der Waals surface area (Å²) in [5.74, 6) is -1.65. The van der Waals surface area contributed by atoms with Crippen molar-refractivity contribution in [3.05, 3.63) is 51.8 Å². The van der Waals surface area contributed by atoms with Gasteiger partial charge in [0.2, 0.25) is 0 Å². The highest BCUT2D eigenvalue weighted by atomic mass is 32.2. The first-order valence-electron chi connectivity index (χ1n) is 9.07. The largest absolute Gasteiger partial charge is 0.477 e. The van der Waals surface area contributed by atoms with Crippen LogP contribution in [0.1, 0.15) is 11.3 Å². The fourth-order valence-electron chi connectivity index (χ4n) is 3.17. The van der Waals surface area contributed by atoms with Crippen molar-refractivity contribution in [3.8, 4) is 0 Å². The molecule has 32 heavy (non-hydrogen) atoms. The van der Waals surface area contributed by atoms with Crippen molar-refractivity contribution in [2.45, 2.75) is 17.2 Å². The number of carboxylic acid groups (broad SMARTS) is 1. The molecular weight excluding hydrogens is 476 g/mol. The van der Waals surface area contributed by atoms with E-state index in [4.69, 9.17) is 5.73 Å². The number of β-lactam (4-membered cyclic amide) rings is 1. The van der Waals surface area contributed by atoms with Crippen molar-refractivity contribution in [2.24, 2.45) is 5.16 Å². The highest BCUT2D eigenvalue weighted by Crippen LogP contribution is 2.44. The van der Waals surface area contributed by atoms with Crippen molar-refractivity contribution in [3.63, 3.8) is 0 Å². The lowest BCUT2D eigenvalue weighted by atomic mass is 10.0. The molecule has 2 aliphatic rings. The number of nitrogens with zero attached hydrogens (tertiary/aromatic N) is 4. The third-order valence-corrected chi connectivity index (χ3v) is 7.96. The summed E-state index contributed by atoms with van der Waals surface area (Å²) in [5, 5.41) is 25.5. The molecule has 0 spiro atoms. The Morgan fingerprint density at radius 3 is 2.75 bits per heavy atom. The van der Waals surface area contributed by atoms with Gasteiger partial charge in [-0.2, -0.15) is 0 Å². The van der Waals surface area contributed by atoms with Crippen LogP contribution in [0.3, 0.4) is 0 Å². The molecule has 1 fully saturated rings. The van der Waals surface area contributed by atoms with Gasteiger partial charge < -0.3 is 21.4 Å². The number of rotatable bonds is 7. The van der Waals surface area contributed by atoms with Crippen molar-refractivity contribution < 1.29 is 24.7 Å². The van der Waals surface area contributed by atoms with Crippen LogP contribution in [0.4, 0.5) is 5.13 Å². The number of oxime groups is 1. The molecule has 4 heterocycles. The Morgan fingerprint density at radius 1 is 1.38 bits per heavy atom. The smallest absolute Gasteiger partial charge is 0.353 e. The molecular formula is C18H16N6O5S3. The minimum atomic E-state index is -1.21. The van der Waals surface area contributed by atoms with Crippen molar-refractivity contribution in [1.29, 1.82) is 0 Å². The van der Waals surface area contributed by atoms with Crippen LogP contribution < -0.4 is 11.1 Å². The van der Waals surface area contributed by atoms with Gasteiger partial charge in [-0.05, 0) is 17.7 Å². The van der Waals surface area contributed by atoms with E-state index in [-0.39, 0.29) is 22.2 Å². The van der Waals surface area contributed by atoms with E-state index in [1.165, 1.54) is 33.8 Å². The Balaban J connectivity index is 1.48. The summed E-state index contributed by atoms with van der Waals surface area (Å²) in [6, 6.07) is 2.72. The molecule has 0 saturated carbocycles. The standard InChI is InChI=1S/C18H16N6O5S3/c19-18-21-9(6-32-18)11(23-29)14(25)22-12-15(26)24-13(17(27)28)10(7-31-16(12)24)30-5-8-1-3-20-4-2-8/h1-4,6,12,16,29H,5,7H2,(H2,19,21)(H,22,25)(H,27,28)/b23-11-/t12-,16+/m1/s1. The molecule has 2 aromatic heterocycles. The summed E-state index contributed by atoms with van der Waals surface area (Å²) in [6.07, 6.45) is 3.31. The SMILES string of the molecule is Nc1nc(/C(=N/O)C(=O)N[C@@H]2C(=O)N3C(C(=O)O)=C(SCc4ccncc4)CS[C@@H]23)cs1. The van der Waals surface area contributed by atoms with Crippen molar-refractivity contribution in [1.82, 2.24) is 20.2 Å². The first kappa shape index (κ1) is 22.1. The molecule has 0 aliphatic carbocycles. The van der Waals surface area contributed by atoms with E-state index in [1.54, 1.807) is 12.4 Å². The van der Waals surface area contributed by atoms with E-state index in [0.29, 0.717) is 16.4 Å². The summed E-state index contributed by atoms with van der Waals surface area (Å²) in [7, 11) is 0. The van der Waals surface area contributed by atoms with Gasteiger partial charge in [-0.25, -0.2) is 9.78 Å².